The third-order valence-electron chi connectivity index (χ3n) is 3.52. The van der Waals surface area contributed by atoms with Crippen LogP contribution in [0.1, 0.15) is 17.1 Å². The predicted octanol–water partition coefficient (Wildman–Crippen LogP) is 3.52. The Labute approximate surface area is 141 Å². The number of halogens is 6. The molecule has 0 bridgehead atoms. The van der Waals surface area contributed by atoms with E-state index in [1.807, 2.05) is 0 Å². The van der Waals surface area contributed by atoms with Crippen molar-refractivity contribution >= 4 is 11.0 Å². The number of nitrogens with zero attached hydrogens (tertiary/aromatic N) is 4. The van der Waals surface area contributed by atoms with Crippen LogP contribution in [0.25, 0.3) is 16.7 Å². The Hall–Kier alpha value is -2.98. The number of hydrogen-bond donors (Lipinski definition) is 0. The van der Waals surface area contributed by atoms with Gasteiger partial charge in [-0.25, -0.2) is 19.3 Å². The molecule has 0 aliphatic rings. The zero-order valence-corrected chi connectivity index (χ0v) is 12.9. The Morgan fingerprint density at radius 2 is 1.65 bits per heavy atom. The van der Waals surface area contributed by atoms with Crippen molar-refractivity contribution in [3.63, 3.8) is 0 Å². The van der Waals surface area contributed by atoms with Crippen molar-refractivity contribution in [1.82, 2.24) is 19.5 Å². The predicted molar refractivity (Wildman–Crippen MR) is 77.7 cm³/mol. The fourth-order valence-electron chi connectivity index (χ4n) is 2.42. The van der Waals surface area contributed by atoms with Crippen molar-refractivity contribution in [2.75, 3.05) is 0 Å². The van der Waals surface area contributed by atoms with E-state index in [9.17, 15) is 31.1 Å². The van der Waals surface area contributed by atoms with Crippen LogP contribution in [0.5, 0.6) is 0 Å². The van der Waals surface area contributed by atoms with Gasteiger partial charge in [-0.2, -0.15) is 31.3 Å². The zero-order valence-electron chi connectivity index (χ0n) is 12.9. The van der Waals surface area contributed by atoms with Crippen LogP contribution in [0.2, 0.25) is 0 Å². The summed E-state index contributed by atoms with van der Waals surface area (Å²) in [7, 11) is 0. The largest absolute Gasteiger partial charge is 0.435 e. The lowest BCUT2D eigenvalue weighted by molar-refractivity contribution is -0.142. The first-order chi connectivity index (χ1) is 12.0. The topological polar surface area (TPSA) is 60.7 Å². The van der Waals surface area contributed by atoms with Crippen molar-refractivity contribution in [3.8, 4) is 5.69 Å². The van der Waals surface area contributed by atoms with Gasteiger partial charge in [-0.1, -0.05) is 0 Å². The molecule has 0 N–H and O–H groups in total. The minimum atomic E-state index is -4.94. The van der Waals surface area contributed by atoms with Crippen molar-refractivity contribution in [3.05, 3.63) is 58.0 Å². The van der Waals surface area contributed by atoms with Gasteiger partial charge in [0.15, 0.2) is 11.3 Å². The van der Waals surface area contributed by atoms with Gasteiger partial charge in [0, 0.05) is 11.6 Å². The van der Waals surface area contributed by atoms with Crippen LogP contribution in [0, 0.1) is 6.92 Å². The van der Waals surface area contributed by atoms with Gasteiger partial charge < -0.3 is 0 Å². The van der Waals surface area contributed by atoms with E-state index >= 15 is 0 Å². The monoisotopic (exact) mass is 374 g/mol. The average molecular weight is 374 g/mol. The van der Waals surface area contributed by atoms with Gasteiger partial charge in [0.05, 0.1) is 11.4 Å². The molecular weight excluding hydrogens is 366 g/mol. The van der Waals surface area contributed by atoms with E-state index < -0.39 is 40.8 Å². The Kier molecular flexibility index (Phi) is 3.97. The summed E-state index contributed by atoms with van der Waals surface area (Å²) in [5.74, 6) is 0. The number of rotatable bonds is 1. The average Bonchev–Trinajstić information content (AvgIpc) is 2.53. The van der Waals surface area contributed by atoms with Crippen LogP contribution in [0.15, 0.2) is 35.3 Å². The maximum Gasteiger partial charge on any atom is 0.435 e. The summed E-state index contributed by atoms with van der Waals surface area (Å²) in [6.07, 6.45) is -8.92. The summed E-state index contributed by atoms with van der Waals surface area (Å²) in [5, 5.41) is 0.00887. The Bertz CT molecular complexity index is 1050. The number of aryl methyl sites for hydroxylation is 1. The number of alkyl halides is 6. The number of hydrogen-bond acceptors (Lipinski definition) is 4. The van der Waals surface area contributed by atoms with Crippen LogP contribution >= 0.6 is 0 Å². The first-order valence-corrected chi connectivity index (χ1v) is 7.00. The molecule has 3 heterocycles. The maximum atomic E-state index is 13.2. The molecule has 0 radical (unpaired) electrons. The van der Waals surface area contributed by atoms with Crippen LogP contribution in [-0.4, -0.2) is 19.5 Å². The summed E-state index contributed by atoms with van der Waals surface area (Å²) in [6, 6.07) is 3.71. The second kappa shape index (κ2) is 5.78. The quantitative estimate of drug-likeness (QED) is 0.612. The molecular formula is C15H8F6N4O. The molecule has 0 fully saturated rings. The Balaban J connectivity index is 2.46. The lowest BCUT2D eigenvalue weighted by Crippen LogP contribution is -2.27. The van der Waals surface area contributed by atoms with Gasteiger partial charge >= 0.3 is 18.0 Å². The standard InChI is InChI=1S/C15H8F6N4O/c1-7-8-4-5-10(14(16,17)18)24-12(8)25(13(26)23-7)9-3-2-6-22-11(9)15(19,20)21/h2-6H,1H3. The van der Waals surface area contributed by atoms with Crippen molar-refractivity contribution in [2.24, 2.45) is 0 Å². The first-order valence-electron chi connectivity index (χ1n) is 7.00. The third kappa shape index (κ3) is 3.00. The van der Waals surface area contributed by atoms with E-state index in [1.54, 1.807) is 0 Å². The third-order valence-corrected chi connectivity index (χ3v) is 3.52. The molecule has 5 nitrogen and oxygen atoms in total. The van der Waals surface area contributed by atoms with E-state index in [1.165, 1.54) is 6.92 Å². The van der Waals surface area contributed by atoms with Crippen LogP contribution in [-0.2, 0) is 12.4 Å². The highest BCUT2D eigenvalue weighted by Crippen LogP contribution is 2.33. The summed E-state index contributed by atoms with van der Waals surface area (Å²) in [6.45, 7) is 1.34. The van der Waals surface area contributed by atoms with E-state index in [4.69, 9.17) is 0 Å². The molecule has 3 rings (SSSR count). The van der Waals surface area contributed by atoms with Gasteiger partial charge in [-0.05, 0) is 31.2 Å². The Morgan fingerprint density at radius 3 is 2.27 bits per heavy atom. The molecule has 0 amide bonds. The molecule has 0 aliphatic heterocycles. The Morgan fingerprint density at radius 1 is 0.962 bits per heavy atom. The molecule has 0 atom stereocenters. The summed E-state index contributed by atoms with van der Waals surface area (Å²) < 4.78 is 78.9. The summed E-state index contributed by atoms with van der Waals surface area (Å²) in [4.78, 5) is 22.4. The van der Waals surface area contributed by atoms with Crippen LogP contribution in [0.3, 0.4) is 0 Å². The van der Waals surface area contributed by atoms with E-state index in [0.717, 1.165) is 24.4 Å². The second-order valence-corrected chi connectivity index (χ2v) is 5.25. The second-order valence-electron chi connectivity index (χ2n) is 5.25. The number of fused-ring (bicyclic) bond motifs is 1. The van der Waals surface area contributed by atoms with Gasteiger partial charge in [-0.15, -0.1) is 0 Å². The first kappa shape index (κ1) is 17.8. The van der Waals surface area contributed by atoms with Crippen LogP contribution in [0.4, 0.5) is 26.3 Å². The molecule has 0 saturated heterocycles. The van der Waals surface area contributed by atoms with Crippen LogP contribution < -0.4 is 5.69 Å². The zero-order chi connectivity index (χ0) is 19.3. The van der Waals surface area contributed by atoms with E-state index in [0.29, 0.717) is 10.6 Å². The van der Waals surface area contributed by atoms with Gasteiger partial charge in [0.1, 0.15) is 5.69 Å². The van der Waals surface area contributed by atoms with E-state index in [2.05, 4.69) is 15.0 Å². The highest BCUT2D eigenvalue weighted by atomic mass is 19.4. The summed E-state index contributed by atoms with van der Waals surface area (Å²) in [5.41, 5.74) is -5.28. The minimum Gasteiger partial charge on any atom is -0.250 e. The molecule has 3 aromatic heterocycles. The molecule has 0 aliphatic carbocycles. The highest BCUT2D eigenvalue weighted by molar-refractivity contribution is 5.79. The molecule has 26 heavy (non-hydrogen) atoms. The maximum absolute atomic E-state index is 13.2. The molecule has 11 heteroatoms. The number of aromatic nitrogens is 4. The highest BCUT2D eigenvalue weighted by Gasteiger charge is 2.37. The molecule has 0 aromatic carbocycles. The van der Waals surface area contributed by atoms with Gasteiger partial charge in [0.25, 0.3) is 0 Å². The van der Waals surface area contributed by atoms with E-state index in [-0.39, 0.29) is 11.1 Å². The fraction of sp³-hybridized carbons (Fsp3) is 0.200. The molecule has 0 unspecified atom stereocenters. The molecule has 136 valence electrons. The van der Waals surface area contributed by atoms with Crippen molar-refractivity contribution < 1.29 is 26.3 Å². The number of pyridine rings is 2. The lowest BCUT2D eigenvalue weighted by Gasteiger charge is -2.16. The normalized spacial score (nSPS) is 12.6. The summed E-state index contributed by atoms with van der Waals surface area (Å²) >= 11 is 0. The lowest BCUT2D eigenvalue weighted by atomic mass is 10.2. The molecule has 0 spiro atoms. The fourth-order valence-corrected chi connectivity index (χ4v) is 2.42. The van der Waals surface area contributed by atoms with Gasteiger partial charge in [0.2, 0.25) is 0 Å². The van der Waals surface area contributed by atoms with Crippen molar-refractivity contribution in [1.29, 1.82) is 0 Å². The minimum absolute atomic E-state index is 0.00887. The van der Waals surface area contributed by atoms with Crippen molar-refractivity contribution in [2.45, 2.75) is 19.3 Å². The van der Waals surface area contributed by atoms with Gasteiger partial charge in [-0.3, -0.25) is 0 Å². The SMILES string of the molecule is Cc1nc(=O)n(-c2cccnc2C(F)(F)F)c2nc(C(F)(F)F)ccc12. The smallest absolute Gasteiger partial charge is 0.250 e. The molecule has 3 aromatic rings. The molecule has 0 saturated carbocycles.